The first kappa shape index (κ1) is 16.5. The van der Waals surface area contributed by atoms with Gasteiger partial charge in [0.2, 0.25) is 0 Å². The van der Waals surface area contributed by atoms with E-state index in [9.17, 15) is 13.6 Å². The molecule has 0 aliphatic carbocycles. The molecule has 2 aromatic carbocycles. The highest BCUT2D eigenvalue weighted by atomic mass is 19.1. The lowest BCUT2D eigenvalue weighted by molar-refractivity contribution is 0.102. The van der Waals surface area contributed by atoms with Crippen molar-refractivity contribution in [3.05, 3.63) is 77.8 Å². The van der Waals surface area contributed by atoms with E-state index in [-0.39, 0.29) is 17.2 Å². The summed E-state index contributed by atoms with van der Waals surface area (Å²) in [7, 11) is 0. The summed E-state index contributed by atoms with van der Waals surface area (Å²) >= 11 is 0. The van der Waals surface area contributed by atoms with Crippen molar-refractivity contribution >= 4 is 23.1 Å². The second-order valence-corrected chi connectivity index (χ2v) is 5.33. The molecule has 0 aliphatic heterocycles. The van der Waals surface area contributed by atoms with Gasteiger partial charge in [0.25, 0.3) is 5.91 Å². The van der Waals surface area contributed by atoms with Gasteiger partial charge in [-0.3, -0.25) is 4.79 Å². The van der Waals surface area contributed by atoms with E-state index in [0.29, 0.717) is 5.69 Å². The third kappa shape index (κ3) is 3.95. The van der Waals surface area contributed by atoms with Crippen LogP contribution in [0.2, 0.25) is 0 Å². The third-order valence-corrected chi connectivity index (χ3v) is 3.39. The Morgan fingerprint density at radius 1 is 1.00 bits per heavy atom. The molecule has 3 aromatic rings. The van der Waals surface area contributed by atoms with Crippen LogP contribution in [0.25, 0.3) is 0 Å². The number of carbonyl (C=O) groups is 1. The molecule has 3 rings (SSSR count). The highest BCUT2D eigenvalue weighted by Crippen LogP contribution is 2.22. The van der Waals surface area contributed by atoms with Crippen LogP contribution in [-0.2, 0) is 0 Å². The third-order valence-electron chi connectivity index (χ3n) is 3.39. The molecular formula is C18H14F2N4O. The molecule has 0 unspecified atom stereocenters. The van der Waals surface area contributed by atoms with Crippen molar-refractivity contribution in [3.8, 4) is 0 Å². The lowest BCUT2D eigenvalue weighted by atomic mass is 10.2. The van der Waals surface area contributed by atoms with E-state index in [4.69, 9.17) is 0 Å². The number of rotatable bonds is 4. The van der Waals surface area contributed by atoms with Crippen molar-refractivity contribution in [2.75, 3.05) is 10.6 Å². The number of aryl methyl sites for hydroxylation is 1. The van der Waals surface area contributed by atoms with Gasteiger partial charge in [0, 0.05) is 11.8 Å². The summed E-state index contributed by atoms with van der Waals surface area (Å²) in [5.41, 5.74) is 1.35. The van der Waals surface area contributed by atoms with Crippen molar-refractivity contribution in [1.82, 2.24) is 9.97 Å². The van der Waals surface area contributed by atoms with E-state index in [0.717, 1.165) is 24.0 Å². The topological polar surface area (TPSA) is 66.9 Å². The van der Waals surface area contributed by atoms with Gasteiger partial charge in [-0.2, -0.15) is 0 Å². The molecule has 5 nitrogen and oxygen atoms in total. The molecule has 0 saturated carbocycles. The van der Waals surface area contributed by atoms with Gasteiger partial charge in [-0.15, -0.1) is 0 Å². The molecule has 7 heteroatoms. The van der Waals surface area contributed by atoms with Crippen molar-refractivity contribution in [2.24, 2.45) is 0 Å². The predicted octanol–water partition coefficient (Wildman–Crippen LogP) is 4.06. The quantitative estimate of drug-likeness (QED) is 0.752. The summed E-state index contributed by atoms with van der Waals surface area (Å²) in [4.78, 5) is 20.1. The first-order valence-corrected chi connectivity index (χ1v) is 7.44. The monoisotopic (exact) mass is 340 g/mol. The first-order chi connectivity index (χ1) is 12.0. The molecular weight excluding hydrogens is 326 g/mol. The van der Waals surface area contributed by atoms with Crippen LogP contribution in [0.4, 0.5) is 26.0 Å². The molecule has 0 aliphatic rings. The Morgan fingerprint density at radius 2 is 1.72 bits per heavy atom. The van der Waals surface area contributed by atoms with E-state index >= 15 is 0 Å². The summed E-state index contributed by atoms with van der Waals surface area (Å²) in [6.45, 7) is 1.91. The fourth-order valence-electron chi connectivity index (χ4n) is 2.21. The highest BCUT2D eigenvalue weighted by molar-refractivity contribution is 6.03. The Hall–Kier alpha value is -3.35. The molecule has 2 N–H and O–H groups in total. The molecule has 0 atom stereocenters. The SMILES string of the molecule is Cc1cccc(NC(=O)c2cc(Nc3c(F)cccc3F)ncn2)c1. The normalized spacial score (nSPS) is 10.4. The molecule has 1 amide bonds. The van der Waals surface area contributed by atoms with Crippen molar-refractivity contribution in [3.63, 3.8) is 0 Å². The number of carbonyl (C=O) groups excluding carboxylic acids is 1. The Morgan fingerprint density at radius 3 is 2.44 bits per heavy atom. The summed E-state index contributed by atoms with van der Waals surface area (Å²) < 4.78 is 27.4. The average Bonchev–Trinajstić information content (AvgIpc) is 2.58. The fourth-order valence-corrected chi connectivity index (χ4v) is 2.21. The number of halogens is 2. The standard InChI is InChI=1S/C18H14F2N4O/c1-11-4-2-5-12(8-11)23-18(25)15-9-16(22-10-21-15)24-17-13(19)6-3-7-14(17)20/h2-10H,1H3,(H,23,25)(H,21,22,24). The minimum Gasteiger partial charge on any atom is -0.335 e. The van der Waals surface area contributed by atoms with E-state index in [1.807, 2.05) is 25.1 Å². The van der Waals surface area contributed by atoms with Crippen molar-refractivity contribution in [1.29, 1.82) is 0 Å². The Labute approximate surface area is 142 Å². The second kappa shape index (κ2) is 7.04. The summed E-state index contributed by atoms with van der Waals surface area (Å²) in [5, 5.41) is 5.24. The van der Waals surface area contributed by atoms with E-state index < -0.39 is 17.5 Å². The van der Waals surface area contributed by atoms with Crippen LogP contribution >= 0.6 is 0 Å². The number of anilines is 3. The summed E-state index contributed by atoms with van der Waals surface area (Å²) in [6, 6.07) is 12.1. The molecule has 0 bridgehead atoms. The van der Waals surface area contributed by atoms with Crippen LogP contribution in [0.5, 0.6) is 0 Å². The Balaban J connectivity index is 1.80. The number of aromatic nitrogens is 2. The summed E-state index contributed by atoms with van der Waals surface area (Å²) in [6.07, 6.45) is 1.15. The van der Waals surface area contributed by atoms with Crippen molar-refractivity contribution in [2.45, 2.75) is 6.92 Å². The largest absolute Gasteiger partial charge is 0.335 e. The first-order valence-electron chi connectivity index (χ1n) is 7.44. The molecule has 0 fully saturated rings. The number of hydrogen-bond donors (Lipinski definition) is 2. The van der Waals surface area contributed by atoms with E-state index in [2.05, 4.69) is 20.6 Å². The van der Waals surface area contributed by atoms with Crippen LogP contribution in [0.15, 0.2) is 54.9 Å². The van der Waals surface area contributed by atoms with Crippen LogP contribution in [-0.4, -0.2) is 15.9 Å². The number of amides is 1. The molecule has 25 heavy (non-hydrogen) atoms. The maximum atomic E-state index is 13.7. The van der Waals surface area contributed by atoms with Gasteiger partial charge in [0.15, 0.2) is 0 Å². The van der Waals surface area contributed by atoms with Gasteiger partial charge in [-0.25, -0.2) is 18.7 Å². The second-order valence-electron chi connectivity index (χ2n) is 5.33. The van der Waals surface area contributed by atoms with Crippen LogP contribution in [0.1, 0.15) is 16.1 Å². The molecule has 0 spiro atoms. The number of hydrogen-bond acceptors (Lipinski definition) is 4. The van der Waals surface area contributed by atoms with Gasteiger partial charge < -0.3 is 10.6 Å². The number of nitrogens with zero attached hydrogens (tertiary/aromatic N) is 2. The highest BCUT2D eigenvalue weighted by Gasteiger charge is 2.12. The van der Waals surface area contributed by atoms with Gasteiger partial charge in [0.1, 0.15) is 35.2 Å². The van der Waals surface area contributed by atoms with Crippen LogP contribution in [0, 0.1) is 18.6 Å². The zero-order chi connectivity index (χ0) is 17.8. The number of para-hydroxylation sites is 1. The lowest BCUT2D eigenvalue weighted by Gasteiger charge is -2.09. The smallest absolute Gasteiger partial charge is 0.274 e. The average molecular weight is 340 g/mol. The Kier molecular flexibility index (Phi) is 4.65. The predicted molar refractivity (Wildman–Crippen MR) is 90.8 cm³/mol. The number of benzene rings is 2. The minimum absolute atomic E-state index is 0.0655. The Bertz CT molecular complexity index is 910. The van der Waals surface area contributed by atoms with E-state index in [1.54, 1.807) is 6.07 Å². The number of nitrogens with one attached hydrogen (secondary N) is 2. The van der Waals surface area contributed by atoms with Gasteiger partial charge in [-0.05, 0) is 36.8 Å². The zero-order valence-corrected chi connectivity index (χ0v) is 13.3. The lowest BCUT2D eigenvalue weighted by Crippen LogP contribution is -2.14. The molecule has 1 heterocycles. The molecule has 1 aromatic heterocycles. The van der Waals surface area contributed by atoms with Gasteiger partial charge >= 0.3 is 0 Å². The minimum atomic E-state index is -0.760. The maximum Gasteiger partial charge on any atom is 0.274 e. The fraction of sp³-hybridized carbons (Fsp3) is 0.0556. The molecule has 0 radical (unpaired) electrons. The van der Waals surface area contributed by atoms with Crippen LogP contribution < -0.4 is 10.6 Å². The zero-order valence-electron chi connectivity index (χ0n) is 13.3. The van der Waals surface area contributed by atoms with Gasteiger partial charge in [0.05, 0.1) is 0 Å². The van der Waals surface area contributed by atoms with Crippen LogP contribution in [0.3, 0.4) is 0 Å². The molecule has 126 valence electrons. The van der Waals surface area contributed by atoms with Crippen molar-refractivity contribution < 1.29 is 13.6 Å². The van der Waals surface area contributed by atoms with Gasteiger partial charge in [-0.1, -0.05) is 18.2 Å². The van der Waals surface area contributed by atoms with E-state index in [1.165, 1.54) is 12.1 Å². The molecule has 0 saturated heterocycles. The summed E-state index contributed by atoms with van der Waals surface area (Å²) in [5.74, 6) is -1.87. The maximum absolute atomic E-state index is 13.7.